The van der Waals surface area contributed by atoms with E-state index in [0.717, 1.165) is 5.56 Å². The average molecular weight is 482 g/mol. The van der Waals surface area contributed by atoms with Crippen molar-refractivity contribution in [3.63, 3.8) is 0 Å². The number of piperazine rings is 1. The van der Waals surface area contributed by atoms with E-state index < -0.39 is 10.0 Å². The Balaban J connectivity index is 1.39. The molecule has 1 amide bonds. The predicted octanol–water partition coefficient (Wildman–Crippen LogP) is 2.46. The zero-order valence-corrected chi connectivity index (χ0v) is 19.1. The molecule has 0 N–H and O–H groups in total. The number of hydrogen-bond acceptors (Lipinski definition) is 5. The Bertz CT molecular complexity index is 1080. The molecule has 2 aromatic rings. The summed E-state index contributed by atoms with van der Waals surface area (Å²) in [6, 6.07) is 10.6. The van der Waals surface area contributed by atoms with E-state index in [-0.39, 0.29) is 16.6 Å². The van der Waals surface area contributed by atoms with Gasteiger partial charge in [-0.1, -0.05) is 23.7 Å². The molecule has 10 heteroatoms. The number of amides is 1. The van der Waals surface area contributed by atoms with Crippen LogP contribution in [-0.2, 0) is 21.3 Å². The lowest BCUT2D eigenvalue weighted by Crippen LogP contribution is -2.48. The first kappa shape index (κ1) is 23.1. The third-order valence-corrected chi connectivity index (χ3v) is 8.00. The zero-order valence-electron chi connectivity index (χ0n) is 17.5. The summed E-state index contributed by atoms with van der Waals surface area (Å²) in [7, 11) is -3.66. The largest absolute Gasteiger partial charge is 0.379 e. The maximum atomic E-state index is 13.2. The first-order valence-corrected chi connectivity index (χ1v) is 12.3. The van der Waals surface area contributed by atoms with Crippen molar-refractivity contribution in [1.29, 1.82) is 0 Å². The lowest BCUT2D eigenvalue weighted by atomic mass is 10.1. The molecule has 2 aromatic carbocycles. The molecule has 2 saturated heterocycles. The van der Waals surface area contributed by atoms with Gasteiger partial charge in [0.05, 0.1) is 18.1 Å². The highest BCUT2D eigenvalue weighted by Gasteiger charge is 2.28. The zero-order chi connectivity index (χ0) is 22.7. The maximum absolute atomic E-state index is 13.2. The Labute approximate surface area is 192 Å². The summed E-state index contributed by atoms with van der Waals surface area (Å²) in [6.07, 6.45) is 0. The van der Waals surface area contributed by atoms with Crippen LogP contribution in [0.5, 0.6) is 0 Å². The van der Waals surface area contributed by atoms with E-state index >= 15 is 0 Å². The molecule has 0 spiro atoms. The van der Waals surface area contributed by atoms with Gasteiger partial charge in [0.1, 0.15) is 5.82 Å². The highest BCUT2D eigenvalue weighted by atomic mass is 35.5. The van der Waals surface area contributed by atoms with E-state index in [2.05, 4.69) is 4.90 Å². The van der Waals surface area contributed by atoms with Crippen LogP contribution in [0.1, 0.15) is 15.9 Å². The summed E-state index contributed by atoms with van der Waals surface area (Å²) < 4.78 is 45.7. The van der Waals surface area contributed by atoms with Crippen molar-refractivity contribution in [3.8, 4) is 0 Å². The van der Waals surface area contributed by atoms with Gasteiger partial charge in [0, 0.05) is 56.4 Å². The fraction of sp³-hybridized carbons (Fsp3) is 0.409. The highest BCUT2D eigenvalue weighted by Crippen LogP contribution is 2.22. The summed E-state index contributed by atoms with van der Waals surface area (Å²) >= 11 is 6.12. The molecule has 2 heterocycles. The quantitative estimate of drug-likeness (QED) is 0.656. The molecular weight excluding hydrogens is 457 g/mol. The molecule has 172 valence electrons. The van der Waals surface area contributed by atoms with Crippen LogP contribution in [0.4, 0.5) is 4.39 Å². The summed E-state index contributed by atoms with van der Waals surface area (Å²) in [5.74, 6) is -0.560. The molecule has 0 aromatic heterocycles. The monoisotopic (exact) mass is 481 g/mol. The molecule has 2 aliphatic heterocycles. The Hall–Kier alpha value is -2.04. The molecule has 0 bridgehead atoms. The van der Waals surface area contributed by atoms with Crippen molar-refractivity contribution in [3.05, 3.63) is 64.4 Å². The molecule has 7 nitrogen and oxygen atoms in total. The van der Waals surface area contributed by atoms with Gasteiger partial charge in [0.15, 0.2) is 0 Å². The maximum Gasteiger partial charge on any atom is 0.253 e. The van der Waals surface area contributed by atoms with Gasteiger partial charge in [-0.15, -0.1) is 0 Å². The number of ether oxygens (including phenoxy) is 1. The van der Waals surface area contributed by atoms with Crippen molar-refractivity contribution >= 4 is 27.5 Å². The van der Waals surface area contributed by atoms with Crippen molar-refractivity contribution in [2.75, 3.05) is 52.5 Å². The number of morpholine rings is 1. The summed E-state index contributed by atoms with van der Waals surface area (Å²) in [4.78, 5) is 17.0. The number of halogens is 2. The van der Waals surface area contributed by atoms with Gasteiger partial charge in [0.2, 0.25) is 10.0 Å². The Kier molecular flexibility index (Phi) is 7.11. The van der Waals surface area contributed by atoms with E-state index in [1.807, 2.05) is 0 Å². The van der Waals surface area contributed by atoms with E-state index in [1.165, 1.54) is 28.6 Å². The molecule has 2 fully saturated rings. The fourth-order valence-electron chi connectivity index (χ4n) is 3.91. The molecule has 0 radical (unpaired) electrons. The van der Waals surface area contributed by atoms with E-state index in [4.69, 9.17) is 16.3 Å². The topological polar surface area (TPSA) is 70.2 Å². The van der Waals surface area contributed by atoms with Crippen molar-refractivity contribution < 1.29 is 22.3 Å². The van der Waals surface area contributed by atoms with Gasteiger partial charge in [-0.25, -0.2) is 12.8 Å². The Morgan fingerprint density at radius 2 is 1.72 bits per heavy atom. The molecular formula is C22H25ClFN3O4S. The van der Waals surface area contributed by atoms with Crippen LogP contribution in [0.15, 0.2) is 47.4 Å². The number of sulfonamides is 1. The van der Waals surface area contributed by atoms with Crippen molar-refractivity contribution in [2.24, 2.45) is 0 Å². The number of rotatable bonds is 5. The number of hydrogen-bond donors (Lipinski definition) is 0. The molecule has 2 aliphatic rings. The van der Waals surface area contributed by atoms with Crippen LogP contribution in [0, 0.1) is 5.82 Å². The third-order valence-electron chi connectivity index (χ3n) is 5.76. The van der Waals surface area contributed by atoms with E-state index in [1.54, 1.807) is 23.1 Å². The minimum Gasteiger partial charge on any atom is -0.379 e. The second-order valence-electron chi connectivity index (χ2n) is 7.85. The van der Waals surface area contributed by atoms with Crippen molar-refractivity contribution in [2.45, 2.75) is 11.4 Å². The SMILES string of the molecule is O=C(c1cccc(S(=O)(=O)N2CCOCC2)c1)N1CCN(Cc2ccc(F)cc2Cl)CC1. The van der Waals surface area contributed by atoms with Gasteiger partial charge in [-0.3, -0.25) is 9.69 Å². The van der Waals surface area contributed by atoms with Crippen LogP contribution < -0.4 is 0 Å². The fourth-order valence-corrected chi connectivity index (χ4v) is 5.59. The smallest absolute Gasteiger partial charge is 0.253 e. The predicted molar refractivity (Wildman–Crippen MR) is 119 cm³/mol. The van der Waals surface area contributed by atoms with Gasteiger partial charge in [-0.05, 0) is 35.9 Å². The summed E-state index contributed by atoms with van der Waals surface area (Å²) in [5, 5.41) is 0.391. The summed E-state index contributed by atoms with van der Waals surface area (Å²) in [5.41, 5.74) is 1.20. The second kappa shape index (κ2) is 9.84. The second-order valence-corrected chi connectivity index (χ2v) is 10.2. The first-order valence-electron chi connectivity index (χ1n) is 10.5. The lowest BCUT2D eigenvalue weighted by Gasteiger charge is -2.35. The average Bonchev–Trinajstić information content (AvgIpc) is 2.81. The standard InChI is InChI=1S/C22H25ClFN3O4S/c23-21-15-19(24)5-4-18(21)16-25-6-8-26(9-7-25)22(28)17-2-1-3-20(14-17)32(29,30)27-10-12-31-13-11-27/h1-5,14-15H,6-13,16H2. The van der Waals surface area contributed by atoms with Gasteiger partial charge < -0.3 is 9.64 Å². The first-order chi connectivity index (χ1) is 15.3. The molecule has 4 rings (SSSR count). The lowest BCUT2D eigenvalue weighted by molar-refractivity contribution is 0.0628. The number of nitrogens with zero attached hydrogens (tertiary/aromatic N) is 3. The molecule has 0 atom stereocenters. The van der Waals surface area contributed by atoms with Gasteiger partial charge >= 0.3 is 0 Å². The number of carbonyl (C=O) groups is 1. The normalized spacial score (nSPS) is 18.6. The third kappa shape index (κ3) is 5.13. The van der Waals surface area contributed by atoms with E-state index in [0.29, 0.717) is 69.6 Å². The minimum absolute atomic E-state index is 0.120. The van der Waals surface area contributed by atoms with Crippen LogP contribution >= 0.6 is 11.6 Å². The van der Waals surface area contributed by atoms with Crippen LogP contribution in [0.3, 0.4) is 0 Å². The summed E-state index contributed by atoms with van der Waals surface area (Å²) in [6.45, 7) is 4.23. The molecule has 0 aliphatic carbocycles. The Morgan fingerprint density at radius 3 is 2.41 bits per heavy atom. The minimum atomic E-state index is -3.66. The number of benzene rings is 2. The number of carbonyl (C=O) groups excluding carboxylic acids is 1. The Morgan fingerprint density at radius 1 is 1.00 bits per heavy atom. The highest BCUT2D eigenvalue weighted by molar-refractivity contribution is 7.89. The molecule has 32 heavy (non-hydrogen) atoms. The molecule has 0 saturated carbocycles. The van der Waals surface area contributed by atoms with E-state index in [9.17, 15) is 17.6 Å². The van der Waals surface area contributed by atoms with Gasteiger partial charge in [0.25, 0.3) is 5.91 Å². The van der Waals surface area contributed by atoms with Crippen molar-refractivity contribution in [1.82, 2.24) is 14.1 Å². The van der Waals surface area contributed by atoms with Crippen LogP contribution in [0.2, 0.25) is 5.02 Å². The van der Waals surface area contributed by atoms with Gasteiger partial charge in [-0.2, -0.15) is 4.31 Å². The molecule has 0 unspecified atom stereocenters. The van der Waals surface area contributed by atoms with Crippen LogP contribution in [-0.4, -0.2) is 80.9 Å². The van der Waals surface area contributed by atoms with Crippen LogP contribution in [0.25, 0.3) is 0 Å².